The quantitative estimate of drug-likeness (QED) is 0.910. The van der Waals surface area contributed by atoms with E-state index in [1.165, 1.54) is 12.1 Å². The molecule has 0 unspecified atom stereocenters. The van der Waals surface area contributed by atoms with Gasteiger partial charge in [-0.15, -0.1) is 0 Å². The molecule has 1 N–H and O–H groups in total. The zero-order chi connectivity index (χ0) is 14.1. The molecule has 1 aliphatic rings. The van der Waals surface area contributed by atoms with Crippen molar-refractivity contribution in [2.24, 2.45) is 0 Å². The highest BCUT2D eigenvalue weighted by molar-refractivity contribution is 5.30. The average molecular weight is 278 g/mol. The van der Waals surface area contributed by atoms with Crippen molar-refractivity contribution in [3.8, 4) is 5.75 Å². The molecule has 0 saturated heterocycles. The lowest BCUT2D eigenvalue weighted by Gasteiger charge is -2.08. The molecule has 0 aliphatic heterocycles. The van der Waals surface area contributed by atoms with Gasteiger partial charge in [0, 0.05) is 5.92 Å². The van der Waals surface area contributed by atoms with Gasteiger partial charge in [-0.1, -0.05) is 11.2 Å². The number of halogens is 1. The van der Waals surface area contributed by atoms with E-state index in [2.05, 4.69) is 10.1 Å². The van der Waals surface area contributed by atoms with Gasteiger partial charge in [0.1, 0.15) is 0 Å². The van der Waals surface area contributed by atoms with Gasteiger partial charge in [0.15, 0.2) is 18.2 Å². The lowest BCUT2D eigenvalue weighted by atomic mass is 10.1. The molecule has 2 aromatic rings. The Kier molecular flexibility index (Phi) is 3.40. The monoisotopic (exact) mass is 278 g/mol. The van der Waals surface area contributed by atoms with Crippen LogP contribution in [0.4, 0.5) is 4.39 Å². The maximum atomic E-state index is 13.8. The molecule has 1 aromatic carbocycles. The van der Waals surface area contributed by atoms with E-state index in [-0.39, 0.29) is 12.4 Å². The first kappa shape index (κ1) is 13.1. The molecule has 1 atom stereocenters. The van der Waals surface area contributed by atoms with E-state index < -0.39 is 11.9 Å². The molecule has 0 amide bonds. The summed E-state index contributed by atoms with van der Waals surface area (Å²) in [5.41, 5.74) is 0.505. The van der Waals surface area contributed by atoms with Gasteiger partial charge in [-0.05, 0) is 37.5 Å². The molecule has 1 aromatic heterocycles. The molecule has 20 heavy (non-hydrogen) atoms. The highest BCUT2D eigenvalue weighted by Gasteiger charge is 2.29. The van der Waals surface area contributed by atoms with E-state index in [1.807, 2.05) is 0 Å². The minimum absolute atomic E-state index is 0.0567. The first-order valence-corrected chi connectivity index (χ1v) is 6.56. The summed E-state index contributed by atoms with van der Waals surface area (Å²) in [4.78, 5) is 4.20. The SMILES string of the molecule is C[C@@H](O)c1ccc(OCc2noc(C3CC3)n2)c(F)c1. The summed E-state index contributed by atoms with van der Waals surface area (Å²) >= 11 is 0. The molecule has 106 valence electrons. The number of rotatable bonds is 5. The van der Waals surface area contributed by atoms with E-state index in [4.69, 9.17) is 9.26 Å². The summed E-state index contributed by atoms with van der Waals surface area (Å²) in [5.74, 6) is 1.01. The van der Waals surface area contributed by atoms with Crippen molar-refractivity contribution in [3.05, 3.63) is 41.3 Å². The van der Waals surface area contributed by atoms with Gasteiger partial charge in [0.05, 0.1) is 6.10 Å². The van der Waals surface area contributed by atoms with Gasteiger partial charge in [-0.3, -0.25) is 0 Å². The Morgan fingerprint density at radius 3 is 2.95 bits per heavy atom. The summed E-state index contributed by atoms with van der Waals surface area (Å²) < 4.78 is 24.2. The van der Waals surface area contributed by atoms with Crippen LogP contribution in [-0.2, 0) is 6.61 Å². The number of benzene rings is 1. The van der Waals surface area contributed by atoms with E-state index >= 15 is 0 Å². The molecule has 1 fully saturated rings. The predicted molar refractivity (Wildman–Crippen MR) is 67.6 cm³/mol. The Hall–Kier alpha value is -1.95. The zero-order valence-corrected chi connectivity index (χ0v) is 11.0. The number of aromatic nitrogens is 2. The van der Waals surface area contributed by atoms with Gasteiger partial charge in [-0.2, -0.15) is 4.98 Å². The van der Waals surface area contributed by atoms with Gasteiger partial charge in [0.25, 0.3) is 0 Å². The Morgan fingerprint density at radius 2 is 2.30 bits per heavy atom. The first-order valence-electron chi connectivity index (χ1n) is 6.56. The number of aliphatic hydroxyl groups is 1. The van der Waals surface area contributed by atoms with Crippen LogP contribution in [0.1, 0.15) is 49.1 Å². The van der Waals surface area contributed by atoms with Crippen LogP contribution in [-0.4, -0.2) is 15.2 Å². The molecular weight excluding hydrogens is 263 g/mol. The second-order valence-corrected chi connectivity index (χ2v) is 4.98. The molecule has 1 saturated carbocycles. The largest absolute Gasteiger partial charge is 0.482 e. The van der Waals surface area contributed by atoms with Gasteiger partial charge >= 0.3 is 0 Å². The summed E-state index contributed by atoms with van der Waals surface area (Å²) in [6, 6.07) is 4.36. The van der Waals surface area contributed by atoms with Crippen molar-refractivity contribution >= 4 is 0 Å². The minimum atomic E-state index is -0.711. The van der Waals surface area contributed by atoms with E-state index in [1.54, 1.807) is 13.0 Å². The van der Waals surface area contributed by atoms with E-state index in [9.17, 15) is 9.50 Å². The summed E-state index contributed by atoms with van der Waals surface area (Å²) in [6.07, 6.45) is 1.45. The van der Waals surface area contributed by atoms with Gasteiger partial charge in [-0.25, -0.2) is 4.39 Å². The highest BCUT2D eigenvalue weighted by atomic mass is 19.1. The molecule has 0 bridgehead atoms. The normalized spacial score (nSPS) is 16.1. The number of aliphatic hydroxyl groups excluding tert-OH is 1. The molecular formula is C14H15FN2O3. The van der Waals surface area contributed by atoms with E-state index in [0.29, 0.717) is 23.2 Å². The Morgan fingerprint density at radius 1 is 1.50 bits per heavy atom. The fraction of sp³-hybridized carbons (Fsp3) is 0.429. The molecule has 1 aliphatic carbocycles. The summed E-state index contributed by atoms with van der Waals surface area (Å²) in [7, 11) is 0. The van der Waals surface area contributed by atoms with Crippen molar-refractivity contribution in [1.29, 1.82) is 0 Å². The fourth-order valence-corrected chi connectivity index (χ4v) is 1.86. The highest BCUT2D eigenvalue weighted by Crippen LogP contribution is 2.38. The maximum Gasteiger partial charge on any atom is 0.229 e. The predicted octanol–water partition coefficient (Wildman–Crippen LogP) is 2.72. The van der Waals surface area contributed by atoms with Crippen LogP contribution in [0.15, 0.2) is 22.7 Å². The van der Waals surface area contributed by atoms with Crippen molar-refractivity contribution in [2.75, 3.05) is 0 Å². The van der Waals surface area contributed by atoms with Crippen LogP contribution in [0.25, 0.3) is 0 Å². The van der Waals surface area contributed by atoms with Gasteiger partial charge in [0.2, 0.25) is 11.7 Å². The fourth-order valence-electron chi connectivity index (χ4n) is 1.86. The second-order valence-electron chi connectivity index (χ2n) is 4.98. The standard InChI is InChI=1S/C14H15FN2O3/c1-8(18)10-4-5-12(11(15)6-10)19-7-13-16-14(20-17-13)9-2-3-9/h4-6,8-9,18H,2-3,7H2,1H3/t8-/m1/s1. The van der Waals surface area contributed by atoms with Crippen molar-refractivity contribution < 1.29 is 18.8 Å². The van der Waals surface area contributed by atoms with Crippen LogP contribution in [0, 0.1) is 5.82 Å². The molecule has 1 heterocycles. The zero-order valence-electron chi connectivity index (χ0n) is 11.0. The smallest absolute Gasteiger partial charge is 0.229 e. The third-order valence-corrected chi connectivity index (χ3v) is 3.21. The van der Waals surface area contributed by atoms with Crippen LogP contribution >= 0.6 is 0 Å². The third kappa shape index (κ3) is 2.80. The Balaban J connectivity index is 1.65. The van der Waals surface area contributed by atoms with Crippen molar-refractivity contribution in [3.63, 3.8) is 0 Å². The topological polar surface area (TPSA) is 68.4 Å². The molecule has 0 radical (unpaired) electrons. The summed E-state index contributed by atoms with van der Waals surface area (Å²) in [6.45, 7) is 1.63. The number of hydrogen-bond donors (Lipinski definition) is 1. The minimum Gasteiger partial charge on any atom is -0.482 e. The van der Waals surface area contributed by atoms with Crippen LogP contribution < -0.4 is 4.74 Å². The molecule has 6 heteroatoms. The lowest BCUT2D eigenvalue weighted by molar-refractivity contribution is 0.198. The molecule has 3 rings (SSSR count). The third-order valence-electron chi connectivity index (χ3n) is 3.21. The maximum absolute atomic E-state index is 13.8. The number of nitrogens with zero attached hydrogens (tertiary/aromatic N) is 2. The lowest BCUT2D eigenvalue weighted by Crippen LogP contribution is -2.01. The first-order chi connectivity index (χ1) is 9.63. The summed E-state index contributed by atoms with van der Waals surface area (Å²) in [5, 5.41) is 13.2. The average Bonchev–Trinajstić information content (AvgIpc) is 3.17. The van der Waals surface area contributed by atoms with Crippen LogP contribution in [0.5, 0.6) is 5.75 Å². The molecule has 5 nitrogen and oxygen atoms in total. The Bertz CT molecular complexity index is 608. The molecule has 0 spiro atoms. The number of hydrogen-bond acceptors (Lipinski definition) is 5. The van der Waals surface area contributed by atoms with Crippen molar-refractivity contribution in [1.82, 2.24) is 10.1 Å². The number of ether oxygens (including phenoxy) is 1. The van der Waals surface area contributed by atoms with Crippen molar-refractivity contribution in [2.45, 2.75) is 38.4 Å². The Labute approximate surface area is 115 Å². The van der Waals surface area contributed by atoms with E-state index in [0.717, 1.165) is 12.8 Å². The second kappa shape index (κ2) is 5.20. The van der Waals surface area contributed by atoms with Gasteiger partial charge < -0.3 is 14.4 Å². The van der Waals surface area contributed by atoms with Crippen LogP contribution in [0.2, 0.25) is 0 Å². The van der Waals surface area contributed by atoms with Crippen LogP contribution in [0.3, 0.4) is 0 Å².